The Hall–Kier alpha value is -0.820. The minimum Gasteiger partial charge on any atom is -0.396 e. The minimum absolute atomic E-state index is 0.312. The highest BCUT2D eigenvalue weighted by Crippen LogP contribution is 2.40. The molecule has 0 amide bonds. The lowest BCUT2D eigenvalue weighted by atomic mass is 9.72. The molecular formula is C20H34O. The highest BCUT2D eigenvalue weighted by atomic mass is 16.3. The van der Waals surface area contributed by atoms with Crippen molar-refractivity contribution in [3.8, 4) is 0 Å². The van der Waals surface area contributed by atoms with Crippen molar-refractivity contribution in [3.05, 3.63) is 34.9 Å². The number of hydrogen-bond acceptors (Lipinski definition) is 1. The molecule has 0 fully saturated rings. The van der Waals surface area contributed by atoms with Crippen LogP contribution >= 0.6 is 0 Å². The van der Waals surface area contributed by atoms with Gasteiger partial charge in [0.15, 0.2) is 0 Å². The van der Waals surface area contributed by atoms with Gasteiger partial charge in [0.1, 0.15) is 0 Å². The van der Waals surface area contributed by atoms with Crippen molar-refractivity contribution >= 4 is 0 Å². The fourth-order valence-electron chi connectivity index (χ4n) is 3.25. The Morgan fingerprint density at radius 2 is 2.05 bits per heavy atom. The maximum absolute atomic E-state index is 8.92. The second kappa shape index (κ2) is 8.58. The summed E-state index contributed by atoms with van der Waals surface area (Å²) in [6, 6.07) is 0. The van der Waals surface area contributed by atoms with Gasteiger partial charge < -0.3 is 5.11 Å². The molecule has 1 aliphatic rings. The summed E-state index contributed by atoms with van der Waals surface area (Å²) >= 11 is 0. The summed E-state index contributed by atoms with van der Waals surface area (Å²) in [6.45, 7) is 11.7. The predicted molar refractivity (Wildman–Crippen MR) is 93.3 cm³/mol. The van der Waals surface area contributed by atoms with Gasteiger partial charge >= 0.3 is 0 Å². The highest BCUT2D eigenvalue weighted by molar-refractivity contribution is 5.35. The van der Waals surface area contributed by atoms with Crippen LogP contribution in [0.2, 0.25) is 0 Å². The van der Waals surface area contributed by atoms with Gasteiger partial charge in [-0.3, -0.25) is 0 Å². The number of allylic oxidation sites excluding steroid dienone is 6. The van der Waals surface area contributed by atoms with E-state index >= 15 is 0 Å². The molecule has 21 heavy (non-hydrogen) atoms. The van der Waals surface area contributed by atoms with Crippen LogP contribution in [0.15, 0.2) is 34.9 Å². The Kier molecular flexibility index (Phi) is 7.45. The monoisotopic (exact) mass is 290 g/mol. The Balaban J connectivity index is 2.58. The largest absolute Gasteiger partial charge is 0.396 e. The Morgan fingerprint density at radius 3 is 2.67 bits per heavy atom. The van der Waals surface area contributed by atoms with Crippen LogP contribution in [-0.2, 0) is 0 Å². The molecule has 0 aromatic rings. The second-order valence-electron chi connectivity index (χ2n) is 7.41. The molecule has 1 unspecified atom stereocenters. The SMILES string of the molecule is CC1=C(/C=C/C(C)=C/CCC(C)CCO)C(C)(C)CCC1. The smallest absolute Gasteiger partial charge is 0.0433 e. The summed E-state index contributed by atoms with van der Waals surface area (Å²) in [6.07, 6.45) is 14.0. The van der Waals surface area contributed by atoms with Crippen molar-refractivity contribution in [3.63, 3.8) is 0 Å². The molecule has 0 bridgehead atoms. The molecule has 1 rings (SSSR count). The summed E-state index contributed by atoms with van der Waals surface area (Å²) in [7, 11) is 0. The van der Waals surface area contributed by atoms with Crippen LogP contribution in [0.4, 0.5) is 0 Å². The first-order valence-corrected chi connectivity index (χ1v) is 8.52. The lowest BCUT2D eigenvalue weighted by Crippen LogP contribution is -2.19. The zero-order valence-electron chi connectivity index (χ0n) is 14.7. The number of aliphatic hydroxyl groups is 1. The van der Waals surface area contributed by atoms with Gasteiger partial charge in [-0.1, -0.05) is 50.1 Å². The zero-order valence-corrected chi connectivity index (χ0v) is 14.7. The van der Waals surface area contributed by atoms with E-state index < -0.39 is 0 Å². The van der Waals surface area contributed by atoms with Gasteiger partial charge in [0.2, 0.25) is 0 Å². The van der Waals surface area contributed by atoms with Gasteiger partial charge in [0.25, 0.3) is 0 Å². The van der Waals surface area contributed by atoms with Crippen molar-refractivity contribution in [2.45, 2.75) is 73.1 Å². The summed E-state index contributed by atoms with van der Waals surface area (Å²) in [4.78, 5) is 0. The molecule has 1 N–H and O–H groups in total. The van der Waals surface area contributed by atoms with E-state index in [-0.39, 0.29) is 0 Å². The number of rotatable bonds is 7. The van der Waals surface area contributed by atoms with Crippen molar-refractivity contribution < 1.29 is 5.11 Å². The molecule has 0 saturated heterocycles. The molecule has 1 heteroatoms. The van der Waals surface area contributed by atoms with Crippen molar-refractivity contribution in [2.24, 2.45) is 11.3 Å². The molecule has 0 aromatic carbocycles. The standard InChI is InChI=1S/C20H34O/c1-16(8-6-9-17(2)13-15-21)11-12-19-18(3)10-7-14-20(19,4)5/h8,11-12,17,21H,6-7,9-10,13-15H2,1-5H3/b12-11+,16-8+. The highest BCUT2D eigenvalue weighted by Gasteiger charge is 2.26. The Morgan fingerprint density at radius 1 is 1.33 bits per heavy atom. The average molecular weight is 290 g/mol. The number of aliphatic hydroxyl groups excluding tert-OH is 1. The lowest BCUT2D eigenvalue weighted by Gasteiger charge is -2.32. The van der Waals surface area contributed by atoms with Crippen LogP contribution in [0, 0.1) is 11.3 Å². The van der Waals surface area contributed by atoms with E-state index in [4.69, 9.17) is 5.11 Å². The van der Waals surface area contributed by atoms with E-state index in [2.05, 4.69) is 52.8 Å². The fraction of sp³-hybridized carbons (Fsp3) is 0.700. The number of hydrogen-bond donors (Lipinski definition) is 1. The zero-order chi connectivity index (χ0) is 15.9. The van der Waals surface area contributed by atoms with Gasteiger partial charge in [-0.05, 0) is 69.3 Å². The van der Waals surface area contributed by atoms with Gasteiger partial charge in [0.05, 0.1) is 0 Å². The maximum Gasteiger partial charge on any atom is 0.0433 e. The average Bonchev–Trinajstić information content (AvgIpc) is 2.37. The van der Waals surface area contributed by atoms with Gasteiger partial charge in [-0.2, -0.15) is 0 Å². The molecule has 0 radical (unpaired) electrons. The van der Waals surface area contributed by atoms with E-state index in [9.17, 15) is 0 Å². The third-order valence-electron chi connectivity index (χ3n) is 4.80. The molecule has 1 nitrogen and oxygen atoms in total. The molecular weight excluding hydrogens is 256 g/mol. The molecule has 120 valence electrons. The first kappa shape index (κ1) is 18.2. The van der Waals surface area contributed by atoms with Crippen LogP contribution in [0.25, 0.3) is 0 Å². The van der Waals surface area contributed by atoms with Crippen molar-refractivity contribution in [1.82, 2.24) is 0 Å². The van der Waals surface area contributed by atoms with E-state index in [0.717, 1.165) is 12.8 Å². The molecule has 0 heterocycles. The van der Waals surface area contributed by atoms with Crippen molar-refractivity contribution in [1.29, 1.82) is 0 Å². The first-order valence-electron chi connectivity index (χ1n) is 8.52. The topological polar surface area (TPSA) is 20.2 Å². The molecule has 1 atom stereocenters. The van der Waals surface area contributed by atoms with E-state index in [1.807, 2.05) is 0 Å². The predicted octanol–water partition coefficient (Wildman–Crippen LogP) is 5.81. The normalized spacial score (nSPS) is 21.1. The lowest BCUT2D eigenvalue weighted by molar-refractivity contribution is 0.259. The van der Waals surface area contributed by atoms with E-state index in [1.54, 1.807) is 5.57 Å². The molecule has 0 spiro atoms. The third-order valence-corrected chi connectivity index (χ3v) is 4.80. The molecule has 0 aromatic heterocycles. The summed E-state index contributed by atoms with van der Waals surface area (Å²) in [5, 5.41) is 8.92. The van der Waals surface area contributed by atoms with Gasteiger partial charge in [-0.25, -0.2) is 0 Å². The van der Waals surface area contributed by atoms with E-state index in [0.29, 0.717) is 17.9 Å². The Bertz CT molecular complexity index is 410. The second-order valence-corrected chi connectivity index (χ2v) is 7.41. The summed E-state index contributed by atoms with van der Waals surface area (Å²) in [5.74, 6) is 0.616. The van der Waals surface area contributed by atoms with Crippen LogP contribution in [0.5, 0.6) is 0 Å². The van der Waals surface area contributed by atoms with Crippen LogP contribution in [0.1, 0.15) is 73.1 Å². The first-order chi connectivity index (χ1) is 9.86. The Labute approximate surface area is 131 Å². The minimum atomic E-state index is 0.312. The third kappa shape index (κ3) is 6.22. The quantitative estimate of drug-likeness (QED) is 0.586. The van der Waals surface area contributed by atoms with Gasteiger partial charge in [-0.15, -0.1) is 0 Å². The van der Waals surface area contributed by atoms with Crippen LogP contribution < -0.4 is 0 Å². The van der Waals surface area contributed by atoms with E-state index in [1.165, 1.54) is 36.8 Å². The summed E-state index contributed by atoms with van der Waals surface area (Å²) in [5.41, 5.74) is 4.78. The maximum atomic E-state index is 8.92. The molecule has 1 aliphatic carbocycles. The summed E-state index contributed by atoms with van der Waals surface area (Å²) < 4.78 is 0. The van der Waals surface area contributed by atoms with Crippen molar-refractivity contribution in [2.75, 3.05) is 6.61 Å². The molecule has 0 saturated carbocycles. The fourth-order valence-corrected chi connectivity index (χ4v) is 3.25. The van der Waals surface area contributed by atoms with Gasteiger partial charge in [0, 0.05) is 6.61 Å². The van der Waals surface area contributed by atoms with Crippen LogP contribution in [-0.4, -0.2) is 11.7 Å². The molecule has 0 aliphatic heterocycles. The van der Waals surface area contributed by atoms with Crippen LogP contribution in [0.3, 0.4) is 0 Å².